The molecule has 0 aliphatic rings. The maximum absolute atomic E-state index is 12.1. The van der Waals surface area contributed by atoms with Crippen molar-refractivity contribution in [2.45, 2.75) is 34.8 Å². The number of rotatable bonds is 7. The molecule has 0 fully saturated rings. The molecule has 1 heterocycles. The molecule has 0 aliphatic carbocycles. The highest BCUT2D eigenvalue weighted by Gasteiger charge is 2.11. The minimum absolute atomic E-state index is 0.0798. The summed E-state index contributed by atoms with van der Waals surface area (Å²) in [6.45, 7) is 3.89. The fourth-order valence-corrected chi connectivity index (χ4v) is 4.32. The van der Waals surface area contributed by atoms with Gasteiger partial charge in [-0.25, -0.2) is 0 Å². The summed E-state index contributed by atoms with van der Waals surface area (Å²) in [6.07, 6.45) is 0.471. The highest BCUT2D eigenvalue weighted by molar-refractivity contribution is 8.01. The van der Waals surface area contributed by atoms with E-state index >= 15 is 0 Å². The number of nitrogens with one attached hydrogen (secondary N) is 1. The number of hydrogen-bond donors (Lipinski definition) is 1. The summed E-state index contributed by atoms with van der Waals surface area (Å²) in [4.78, 5) is 13.1. The molecule has 0 aliphatic heterocycles. The van der Waals surface area contributed by atoms with E-state index in [1.165, 1.54) is 23.1 Å². The summed E-state index contributed by atoms with van der Waals surface area (Å²) in [5, 5.41) is 20.7. The zero-order chi connectivity index (χ0) is 16.7. The number of benzene rings is 1. The molecule has 2 aromatic rings. The lowest BCUT2D eigenvalue weighted by Crippen LogP contribution is -2.14. The topological polar surface area (TPSA) is 78.7 Å². The molecule has 0 saturated carbocycles. The summed E-state index contributed by atoms with van der Waals surface area (Å²) in [7, 11) is 0. The number of thioether (sulfide) groups is 2. The van der Waals surface area contributed by atoms with E-state index in [0.29, 0.717) is 12.2 Å². The number of amides is 1. The maximum atomic E-state index is 12.1. The van der Waals surface area contributed by atoms with Crippen LogP contribution in [0.5, 0.6) is 0 Å². The molecule has 23 heavy (non-hydrogen) atoms. The fraction of sp³-hybridized carbons (Fsp3) is 0.333. The first kappa shape index (κ1) is 17.8. The first-order chi connectivity index (χ1) is 11.1. The molecule has 0 saturated heterocycles. The number of nitrogens with zero attached hydrogens (tertiary/aromatic N) is 3. The summed E-state index contributed by atoms with van der Waals surface area (Å²) < 4.78 is 0.794. The second kappa shape index (κ2) is 8.91. The molecule has 1 amide bonds. The van der Waals surface area contributed by atoms with E-state index in [-0.39, 0.29) is 11.2 Å². The monoisotopic (exact) mass is 364 g/mol. The van der Waals surface area contributed by atoms with Crippen LogP contribution in [-0.2, 0) is 4.79 Å². The van der Waals surface area contributed by atoms with Crippen LogP contribution < -0.4 is 5.32 Å². The lowest BCUT2D eigenvalue weighted by molar-refractivity contribution is -0.113. The van der Waals surface area contributed by atoms with E-state index in [0.717, 1.165) is 19.9 Å². The first-order valence-corrected chi connectivity index (χ1v) is 9.62. The van der Waals surface area contributed by atoms with Crippen LogP contribution >= 0.6 is 34.9 Å². The zero-order valence-electron chi connectivity index (χ0n) is 12.8. The number of carbonyl (C=O) groups is 1. The third kappa shape index (κ3) is 5.86. The van der Waals surface area contributed by atoms with Gasteiger partial charge in [0.2, 0.25) is 5.91 Å². The van der Waals surface area contributed by atoms with Crippen molar-refractivity contribution in [2.24, 2.45) is 0 Å². The van der Waals surface area contributed by atoms with Crippen LogP contribution in [0.4, 0.5) is 5.69 Å². The second-order valence-corrected chi connectivity index (χ2v) is 8.60. The predicted octanol–water partition coefficient (Wildman–Crippen LogP) is 3.97. The summed E-state index contributed by atoms with van der Waals surface area (Å²) >= 11 is 4.45. The number of carbonyl (C=O) groups excluding carboxylic acids is 1. The van der Waals surface area contributed by atoms with Crippen molar-refractivity contribution in [1.29, 1.82) is 5.26 Å². The summed E-state index contributed by atoms with van der Waals surface area (Å²) in [5.41, 5.74) is 0.779. The molecule has 5 nitrogen and oxygen atoms in total. The van der Waals surface area contributed by atoms with Crippen LogP contribution in [0.25, 0.3) is 0 Å². The minimum Gasteiger partial charge on any atom is -0.324 e. The molecule has 1 aromatic carbocycles. The number of nitriles is 1. The van der Waals surface area contributed by atoms with Gasteiger partial charge in [0.1, 0.15) is 5.01 Å². The van der Waals surface area contributed by atoms with E-state index in [2.05, 4.69) is 21.6 Å². The standard InChI is InChI=1S/C15H16N4OS3/c1-10(7-8-16)22-13-6-4-3-5-12(13)17-14(20)9-21-15-19-18-11(2)23-15/h3-6,10H,7,9H2,1-2H3,(H,17,20). The average molecular weight is 365 g/mol. The Labute approximate surface area is 147 Å². The molecular weight excluding hydrogens is 348 g/mol. The van der Waals surface area contributed by atoms with E-state index in [1.807, 2.05) is 38.1 Å². The smallest absolute Gasteiger partial charge is 0.234 e. The molecule has 0 spiro atoms. The molecule has 120 valence electrons. The van der Waals surface area contributed by atoms with Crippen molar-refractivity contribution in [3.05, 3.63) is 29.3 Å². The third-order valence-electron chi connectivity index (χ3n) is 2.70. The molecule has 1 unspecified atom stereocenters. The van der Waals surface area contributed by atoms with Gasteiger partial charge < -0.3 is 5.32 Å². The Hall–Kier alpha value is -1.56. The molecular formula is C15H16N4OS3. The molecule has 1 aromatic heterocycles. The normalized spacial score (nSPS) is 11.7. The van der Waals surface area contributed by atoms with E-state index < -0.39 is 0 Å². The molecule has 8 heteroatoms. The lowest BCUT2D eigenvalue weighted by Gasteiger charge is -2.13. The van der Waals surface area contributed by atoms with Crippen molar-refractivity contribution in [3.63, 3.8) is 0 Å². The highest BCUT2D eigenvalue weighted by atomic mass is 32.2. The van der Waals surface area contributed by atoms with Gasteiger partial charge in [0.15, 0.2) is 4.34 Å². The van der Waals surface area contributed by atoms with Gasteiger partial charge in [-0.15, -0.1) is 22.0 Å². The van der Waals surface area contributed by atoms with Crippen molar-refractivity contribution in [2.75, 3.05) is 11.1 Å². The van der Waals surface area contributed by atoms with Gasteiger partial charge >= 0.3 is 0 Å². The van der Waals surface area contributed by atoms with Crippen molar-refractivity contribution in [3.8, 4) is 6.07 Å². The van der Waals surface area contributed by atoms with Gasteiger partial charge in [-0.1, -0.05) is 42.2 Å². The van der Waals surface area contributed by atoms with Crippen molar-refractivity contribution < 1.29 is 4.79 Å². The van der Waals surface area contributed by atoms with Crippen LogP contribution in [0.15, 0.2) is 33.5 Å². The van der Waals surface area contributed by atoms with Crippen LogP contribution in [0.1, 0.15) is 18.4 Å². The van der Waals surface area contributed by atoms with Crippen LogP contribution in [0.3, 0.4) is 0 Å². The van der Waals surface area contributed by atoms with Gasteiger partial charge in [-0.2, -0.15) is 5.26 Å². The Bertz CT molecular complexity index is 711. The van der Waals surface area contributed by atoms with Crippen LogP contribution in [0, 0.1) is 18.3 Å². The number of anilines is 1. The van der Waals surface area contributed by atoms with Gasteiger partial charge in [-0.05, 0) is 19.1 Å². The summed E-state index contributed by atoms with van der Waals surface area (Å²) in [6, 6.07) is 9.80. The molecule has 2 rings (SSSR count). The first-order valence-electron chi connectivity index (χ1n) is 6.94. The largest absolute Gasteiger partial charge is 0.324 e. The van der Waals surface area contributed by atoms with Gasteiger partial charge in [0, 0.05) is 16.6 Å². The summed E-state index contributed by atoms with van der Waals surface area (Å²) in [5.74, 6) is 0.213. The van der Waals surface area contributed by atoms with Crippen LogP contribution in [0.2, 0.25) is 0 Å². The highest BCUT2D eigenvalue weighted by Crippen LogP contribution is 2.31. The van der Waals surface area contributed by atoms with E-state index in [1.54, 1.807) is 11.8 Å². The number of para-hydroxylation sites is 1. The quantitative estimate of drug-likeness (QED) is 0.749. The van der Waals surface area contributed by atoms with Gasteiger partial charge in [0.25, 0.3) is 0 Å². The van der Waals surface area contributed by atoms with E-state index in [4.69, 9.17) is 5.26 Å². The predicted molar refractivity (Wildman–Crippen MR) is 96.0 cm³/mol. The SMILES string of the molecule is Cc1nnc(SCC(=O)Nc2ccccc2SC(C)CC#N)s1. The minimum atomic E-state index is -0.0798. The lowest BCUT2D eigenvalue weighted by atomic mass is 10.3. The molecule has 1 N–H and O–H groups in total. The Morgan fingerprint density at radius 1 is 1.43 bits per heavy atom. The van der Waals surface area contributed by atoms with Gasteiger partial charge in [0.05, 0.1) is 17.5 Å². The molecule has 0 radical (unpaired) electrons. The van der Waals surface area contributed by atoms with Crippen LogP contribution in [-0.4, -0.2) is 27.1 Å². The second-order valence-electron chi connectivity index (χ2n) is 4.71. The number of aryl methyl sites for hydroxylation is 1. The Morgan fingerprint density at radius 2 is 2.22 bits per heavy atom. The van der Waals surface area contributed by atoms with Gasteiger partial charge in [-0.3, -0.25) is 4.79 Å². The molecule has 0 bridgehead atoms. The molecule has 1 atom stereocenters. The van der Waals surface area contributed by atoms with Crippen molar-refractivity contribution in [1.82, 2.24) is 10.2 Å². The Morgan fingerprint density at radius 3 is 2.91 bits per heavy atom. The number of hydrogen-bond acceptors (Lipinski definition) is 7. The maximum Gasteiger partial charge on any atom is 0.234 e. The zero-order valence-corrected chi connectivity index (χ0v) is 15.2. The number of aromatic nitrogens is 2. The average Bonchev–Trinajstić information content (AvgIpc) is 2.93. The van der Waals surface area contributed by atoms with E-state index in [9.17, 15) is 4.79 Å². The fourth-order valence-electron chi connectivity index (χ4n) is 1.71. The van der Waals surface area contributed by atoms with Crippen molar-refractivity contribution >= 4 is 46.5 Å². The Kier molecular flexibility index (Phi) is 6.89. The Balaban J connectivity index is 1.93. The third-order valence-corrected chi connectivity index (χ3v) is 5.85.